The molecule has 2 saturated carbocycles. The molecule has 11 heteroatoms. The summed E-state index contributed by atoms with van der Waals surface area (Å²) in [5.41, 5.74) is -0.206. The molecule has 2 aliphatic carbocycles. The van der Waals surface area contributed by atoms with Gasteiger partial charge in [-0.25, -0.2) is 13.2 Å². The standard InChI is InChI=1S/C25H39N5O5S/c1-28(2)25(20-8-5-4-6-9-20)14-12-23(13-15-25)17-29(16-21(31)26-19-27-36(3,34)35)22(32)30(23)18-24(33)10-7-11-24/h4-6,8-9,27,33H,7,10-19H2,1-3H3,(H,26,31)/t23-,25+. The first-order valence-corrected chi connectivity index (χ1v) is 14.5. The summed E-state index contributed by atoms with van der Waals surface area (Å²) in [6.07, 6.45) is 6.54. The zero-order chi connectivity index (χ0) is 26.2. The summed E-state index contributed by atoms with van der Waals surface area (Å²) in [6, 6.07) is 10.2. The molecule has 0 atom stereocenters. The van der Waals surface area contributed by atoms with Crippen LogP contribution in [0.2, 0.25) is 0 Å². The van der Waals surface area contributed by atoms with Crippen molar-refractivity contribution < 1.29 is 23.1 Å². The second-order valence-corrected chi connectivity index (χ2v) is 12.8. The van der Waals surface area contributed by atoms with Gasteiger partial charge in [-0.15, -0.1) is 0 Å². The first-order valence-electron chi connectivity index (χ1n) is 12.6. The van der Waals surface area contributed by atoms with Crippen LogP contribution in [0.25, 0.3) is 0 Å². The molecule has 1 aliphatic heterocycles. The first kappa shape index (κ1) is 26.8. The van der Waals surface area contributed by atoms with Crippen LogP contribution in [0, 0.1) is 0 Å². The van der Waals surface area contributed by atoms with E-state index < -0.39 is 27.1 Å². The van der Waals surface area contributed by atoms with Crippen molar-refractivity contribution >= 4 is 22.0 Å². The minimum Gasteiger partial charge on any atom is -0.388 e. The zero-order valence-electron chi connectivity index (χ0n) is 21.5. The van der Waals surface area contributed by atoms with Gasteiger partial charge in [-0.1, -0.05) is 30.3 Å². The number of β-amino-alcohol motifs (C(OH)–C–C–N with tert-alkyl or cyclic N) is 1. The number of carbonyl (C=O) groups excluding carboxylic acids is 2. The third kappa shape index (κ3) is 5.39. The molecule has 0 aromatic heterocycles. The summed E-state index contributed by atoms with van der Waals surface area (Å²) in [7, 11) is 0.764. The fourth-order valence-electron chi connectivity index (χ4n) is 6.07. The maximum atomic E-state index is 13.6. The number of aliphatic hydroxyl groups is 1. The van der Waals surface area contributed by atoms with E-state index in [-0.39, 0.29) is 31.3 Å². The van der Waals surface area contributed by atoms with Crippen LogP contribution < -0.4 is 10.0 Å². The van der Waals surface area contributed by atoms with Crippen LogP contribution in [0.15, 0.2) is 30.3 Å². The van der Waals surface area contributed by atoms with E-state index in [1.54, 1.807) is 4.90 Å². The molecule has 1 aromatic rings. The molecule has 4 rings (SSSR count). The minimum atomic E-state index is -3.43. The molecule has 3 N–H and O–H groups in total. The Bertz CT molecular complexity index is 1070. The number of carbonyl (C=O) groups is 2. The summed E-state index contributed by atoms with van der Waals surface area (Å²) < 4.78 is 24.8. The van der Waals surface area contributed by atoms with Crippen molar-refractivity contribution in [2.24, 2.45) is 0 Å². The topological polar surface area (TPSA) is 122 Å². The molecule has 0 radical (unpaired) electrons. The van der Waals surface area contributed by atoms with Crippen molar-refractivity contribution in [2.45, 2.75) is 61.6 Å². The SMILES string of the molecule is CN(C)[C@]1(c2ccccc2)CC[C@]2(CC1)CN(CC(=O)NCNS(C)(=O)=O)C(=O)N2CC1(O)CCC1. The minimum absolute atomic E-state index is 0.142. The van der Waals surface area contributed by atoms with Crippen molar-refractivity contribution in [3.63, 3.8) is 0 Å². The quantitative estimate of drug-likeness (QED) is 0.418. The first-order chi connectivity index (χ1) is 16.9. The number of urea groups is 1. The Morgan fingerprint density at radius 2 is 1.72 bits per heavy atom. The number of benzene rings is 1. The van der Waals surface area contributed by atoms with E-state index in [4.69, 9.17) is 0 Å². The summed E-state index contributed by atoms with van der Waals surface area (Å²) in [6.45, 7) is 0.308. The molecule has 0 bridgehead atoms. The maximum Gasteiger partial charge on any atom is 0.321 e. The van der Waals surface area contributed by atoms with Gasteiger partial charge in [0.1, 0.15) is 6.54 Å². The average molecular weight is 522 g/mol. The highest BCUT2D eigenvalue weighted by Crippen LogP contribution is 2.50. The highest BCUT2D eigenvalue weighted by molar-refractivity contribution is 7.88. The van der Waals surface area contributed by atoms with Crippen LogP contribution in [0.3, 0.4) is 0 Å². The van der Waals surface area contributed by atoms with Gasteiger partial charge in [0.05, 0.1) is 30.6 Å². The average Bonchev–Trinajstić information content (AvgIpc) is 3.03. The van der Waals surface area contributed by atoms with Gasteiger partial charge in [0.2, 0.25) is 15.9 Å². The molecule has 1 heterocycles. The number of hydrogen-bond donors (Lipinski definition) is 3. The van der Waals surface area contributed by atoms with E-state index in [1.165, 1.54) is 5.56 Å². The van der Waals surface area contributed by atoms with Gasteiger partial charge in [-0.2, -0.15) is 4.72 Å². The van der Waals surface area contributed by atoms with Gasteiger partial charge >= 0.3 is 6.03 Å². The molecule has 10 nitrogen and oxygen atoms in total. The monoisotopic (exact) mass is 521 g/mol. The molecule has 36 heavy (non-hydrogen) atoms. The van der Waals surface area contributed by atoms with Crippen molar-refractivity contribution in [1.82, 2.24) is 24.7 Å². The van der Waals surface area contributed by atoms with E-state index in [0.717, 1.165) is 38.4 Å². The van der Waals surface area contributed by atoms with Gasteiger partial charge in [0, 0.05) is 12.1 Å². The number of amides is 3. The second kappa shape index (κ2) is 9.92. The molecule has 1 saturated heterocycles. The normalized spacial score (nSPS) is 28.0. The van der Waals surface area contributed by atoms with Crippen LogP contribution in [0.5, 0.6) is 0 Å². The number of nitrogens with zero attached hydrogens (tertiary/aromatic N) is 3. The van der Waals surface area contributed by atoms with Crippen molar-refractivity contribution in [2.75, 3.05) is 46.7 Å². The van der Waals surface area contributed by atoms with Gasteiger partial charge in [-0.3, -0.25) is 9.69 Å². The maximum absolute atomic E-state index is 13.6. The summed E-state index contributed by atoms with van der Waals surface area (Å²) in [5, 5.41) is 13.5. The molecular formula is C25H39N5O5S. The number of sulfonamides is 1. The van der Waals surface area contributed by atoms with E-state index in [1.807, 2.05) is 11.0 Å². The van der Waals surface area contributed by atoms with Crippen molar-refractivity contribution in [1.29, 1.82) is 0 Å². The molecule has 1 aromatic carbocycles. The Morgan fingerprint density at radius 1 is 1.08 bits per heavy atom. The van der Waals surface area contributed by atoms with Crippen molar-refractivity contribution in [3.8, 4) is 0 Å². The Hall–Kier alpha value is -2.21. The lowest BCUT2D eigenvalue weighted by Gasteiger charge is -2.52. The van der Waals surface area contributed by atoms with Crippen LogP contribution in [0.4, 0.5) is 4.79 Å². The Kier molecular flexibility index (Phi) is 7.40. The zero-order valence-corrected chi connectivity index (χ0v) is 22.3. The third-order valence-electron chi connectivity index (χ3n) is 8.43. The lowest BCUT2D eigenvalue weighted by Crippen LogP contribution is -2.59. The van der Waals surface area contributed by atoms with Crippen LogP contribution in [0.1, 0.15) is 50.5 Å². The fraction of sp³-hybridized carbons (Fsp3) is 0.680. The summed E-state index contributed by atoms with van der Waals surface area (Å²) in [5.74, 6) is -0.429. The molecule has 3 aliphatic rings. The van der Waals surface area contributed by atoms with Crippen LogP contribution in [-0.4, -0.2) is 98.0 Å². The number of hydrogen-bond acceptors (Lipinski definition) is 6. The van der Waals surface area contributed by atoms with Crippen LogP contribution >= 0.6 is 0 Å². The third-order valence-corrected chi connectivity index (χ3v) is 9.09. The molecular weight excluding hydrogens is 482 g/mol. The van der Waals surface area contributed by atoms with Gasteiger partial charge in [-0.05, 0) is 64.6 Å². The van der Waals surface area contributed by atoms with Crippen LogP contribution in [-0.2, 0) is 20.4 Å². The fourth-order valence-corrected chi connectivity index (χ4v) is 6.41. The second-order valence-electron chi connectivity index (χ2n) is 11.0. The van der Waals surface area contributed by atoms with Crippen molar-refractivity contribution in [3.05, 3.63) is 35.9 Å². The Morgan fingerprint density at radius 3 is 2.25 bits per heavy atom. The Balaban J connectivity index is 1.52. The predicted molar refractivity (Wildman–Crippen MR) is 136 cm³/mol. The lowest BCUT2D eigenvalue weighted by molar-refractivity contribution is -0.121. The van der Waals surface area contributed by atoms with E-state index in [2.05, 4.69) is 53.3 Å². The van der Waals surface area contributed by atoms with E-state index in [0.29, 0.717) is 19.4 Å². The number of nitrogens with one attached hydrogen (secondary N) is 2. The highest BCUT2D eigenvalue weighted by atomic mass is 32.2. The molecule has 200 valence electrons. The Labute approximate surface area is 214 Å². The van der Waals surface area contributed by atoms with E-state index >= 15 is 0 Å². The smallest absolute Gasteiger partial charge is 0.321 e. The molecule has 3 fully saturated rings. The highest BCUT2D eigenvalue weighted by Gasteiger charge is 2.56. The largest absolute Gasteiger partial charge is 0.388 e. The molecule has 0 unspecified atom stereocenters. The summed E-state index contributed by atoms with van der Waals surface area (Å²) >= 11 is 0. The molecule has 1 spiro atoms. The van der Waals surface area contributed by atoms with Gasteiger partial charge < -0.3 is 20.2 Å². The van der Waals surface area contributed by atoms with E-state index in [9.17, 15) is 23.1 Å². The van der Waals surface area contributed by atoms with Gasteiger partial charge in [0.15, 0.2) is 0 Å². The number of rotatable bonds is 9. The van der Waals surface area contributed by atoms with Gasteiger partial charge in [0.25, 0.3) is 0 Å². The lowest BCUT2D eigenvalue weighted by atomic mass is 9.67. The molecule has 3 amide bonds. The summed E-state index contributed by atoms with van der Waals surface area (Å²) in [4.78, 5) is 31.7. The predicted octanol–water partition coefficient (Wildman–Crippen LogP) is 1.03.